The lowest BCUT2D eigenvalue weighted by Crippen LogP contribution is -2.12. The number of unbranched alkanes of at least 4 members (excludes halogenated alkanes) is 1. The van der Waals surface area contributed by atoms with Crippen LogP contribution in [0.3, 0.4) is 0 Å². The van der Waals surface area contributed by atoms with E-state index in [1.54, 1.807) is 6.07 Å². The first-order chi connectivity index (χ1) is 13.2. The summed E-state index contributed by atoms with van der Waals surface area (Å²) in [5.41, 5.74) is 1.26. The van der Waals surface area contributed by atoms with Gasteiger partial charge in [-0.05, 0) is 30.5 Å². The van der Waals surface area contributed by atoms with Gasteiger partial charge >= 0.3 is 6.16 Å². The number of carbonyl (C=O) groups excluding carboxylic acids is 1. The van der Waals surface area contributed by atoms with E-state index in [0.29, 0.717) is 28.7 Å². The molecule has 2 aromatic carbocycles. The maximum Gasteiger partial charge on any atom is 0.508 e. The van der Waals surface area contributed by atoms with E-state index in [4.69, 9.17) is 14.6 Å². The fourth-order valence-corrected chi connectivity index (χ4v) is 3.84. The van der Waals surface area contributed by atoms with Crippen molar-refractivity contribution < 1.29 is 19.4 Å². The fraction of sp³-hybridized carbons (Fsp3) is 0.238. The van der Waals surface area contributed by atoms with Crippen molar-refractivity contribution in [3.8, 4) is 11.1 Å². The summed E-state index contributed by atoms with van der Waals surface area (Å²) in [6.07, 6.45) is 0.363. The molecule has 0 bridgehead atoms. The van der Waals surface area contributed by atoms with Crippen LogP contribution in [0.5, 0.6) is 0 Å². The Morgan fingerprint density at radius 2 is 1.70 bits per heavy atom. The molecule has 1 heterocycles. The Balaban J connectivity index is 1.87. The van der Waals surface area contributed by atoms with Gasteiger partial charge in [0.1, 0.15) is 6.61 Å². The summed E-state index contributed by atoms with van der Waals surface area (Å²) in [6.45, 7) is 0.219. The van der Waals surface area contributed by atoms with Gasteiger partial charge in [0.05, 0.1) is 11.5 Å². The monoisotopic (exact) mass is 384 g/mol. The molecule has 0 fully saturated rings. The Labute approximate surface area is 160 Å². The van der Waals surface area contributed by atoms with Crippen molar-refractivity contribution in [2.24, 2.45) is 0 Å². The number of benzene rings is 2. The highest BCUT2D eigenvalue weighted by Gasteiger charge is 2.16. The molecule has 0 amide bonds. The highest BCUT2D eigenvalue weighted by atomic mass is 32.1. The van der Waals surface area contributed by atoms with Crippen LogP contribution in [0.2, 0.25) is 0 Å². The zero-order valence-electron chi connectivity index (χ0n) is 14.7. The van der Waals surface area contributed by atoms with Crippen LogP contribution in [0.25, 0.3) is 21.2 Å². The Morgan fingerprint density at radius 3 is 2.48 bits per heavy atom. The van der Waals surface area contributed by atoms with E-state index in [0.717, 1.165) is 10.3 Å². The third-order valence-corrected chi connectivity index (χ3v) is 5.17. The van der Waals surface area contributed by atoms with Gasteiger partial charge in [0.25, 0.3) is 0 Å². The number of rotatable bonds is 7. The molecule has 0 unspecified atom stereocenters. The molecule has 0 aliphatic carbocycles. The minimum Gasteiger partial charge on any atom is -0.434 e. The molecule has 0 saturated heterocycles. The first-order valence-electron chi connectivity index (χ1n) is 8.71. The molecule has 140 valence electrons. The SMILES string of the molecule is O=C(OCCCCO)OCc1sc2ccccc2c(=O)c1-c1ccccc1. The predicted molar refractivity (Wildman–Crippen MR) is 106 cm³/mol. The number of hydrogen-bond acceptors (Lipinski definition) is 6. The van der Waals surface area contributed by atoms with Crippen molar-refractivity contribution in [2.75, 3.05) is 13.2 Å². The summed E-state index contributed by atoms with van der Waals surface area (Å²) >= 11 is 1.43. The molecule has 3 rings (SSSR count). The third kappa shape index (κ3) is 4.72. The smallest absolute Gasteiger partial charge is 0.434 e. The fourth-order valence-electron chi connectivity index (χ4n) is 2.72. The van der Waals surface area contributed by atoms with Gasteiger partial charge in [0.2, 0.25) is 0 Å². The molecule has 0 atom stereocenters. The molecule has 0 saturated carbocycles. The zero-order chi connectivity index (χ0) is 19.1. The average Bonchev–Trinajstić information content (AvgIpc) is 2.70. The molecule has 0 radical (unpaired) electrons. The lowest BCUT2D eigenvalue weighted by atomic mass is 10.0. The standard InChI is InChI=1S/C21H20O5S/c22-12-6-7-13-25-21(24)26-14-18-19(15-8-2-1-3-9-15)20(23)16-10-4-5-11-17(16)27-18/h1-5,8-11,22H,6-7,12-14H2. The Hall–Kier alpha value is -2.70. The molecular weight excluding hydrogens is 364 g/mol. The van der Waals surface area contributed by atoms with Crippen molar-refractivity contribution in [3.63, 3.8) is 0 Å². The van der Waals surface area contributed by atoms with Crippen molar-refractivity contribution >= 4 is 27.6 Å². The van der Waals surface area contributed by atoms with Crippen LogP contribution in [0, 0.1) is 0 Å². The second-order valence-corrected chi connectivity index (χ2v) is 7.05. The van der Waals surface area contributed by atoms with Gasteiger partial charge in [-0.3, -0.25) is 4.79 Å². The third-order valence-electron chi connectivity index (χ3n) is 4.03. The second-order valence-electron chi connectivity index (χ2n) is 5.91. The normalized spacial score (nSPS) is 10.7. The Kier molecular flexibility index (Phi) is 6.57. The van der Waals surface area contributed by atoms with E-state index < -0.39 is 6.16 Å². The maximum atomic E-state index is 13.0. The predicted octanol–water partition coefficient (Wildman–Crippen LogP) is 4.35. The van der Waals surface area contributed by atoms with Gasteiger partial charge in [0.15, 0.2) is 5.43 Å². The zero-order valence-corrected chi connectivity index (χ0v) is 15.5. The van der Waals surface area contributed by atoms with Crippen LogP contribution in [-0.2, 0) is 16.1 Å². The quantitative estimate of drug-likeness (QED) is 0.484. The van der Waals surface area contributed by atoms with Gasteiger partial charge in [-0.2, -0.15) is 0 Å². The van der Waals surface area contributed by atoms with E-state index >= 15 is 0 Å². The van der Waals surface area contributed by atoms with E-state index in [1.165, 1.54) is 11.3 Å². The number of fused-ring (bicyclic) bond motifs is 1. The lowest BCUT2D eigenvalue weighted by Gasteiger charge is -2.11. The number of ether oxygens (including phenoxy) is 2. The molecule has 0 aliphatic rings. The Morgan fingerprint density at radius 1 is 0.963 bits per heavy atom. The molecule has 1 aromatic heterocycles. The van der Waals surface area contributed by atoms with Crippen LogP contribution in [0.1, 0.15) is 17.7 Å². The van der Waals surface area contributed by atoms with Crippen molar-refractivity contribution in [2.45, 2.75) is 19.4 Å². The molecule has 6 heteroatoms. The van der Waals surface area contributed by atoms with Gasteiger partial charge in [-0.25, -0.2) is 4.79 Å². The second kappa shape index (κ2) is 9.30. The summed E-state index contributed by atoms with van der Waals surface area (Å²) in [6, 6.07) is 16.8. The van der Waals surface area contributed by atoms with Crippen LogP contribution < -0.4 is 5.43 Å². The average molecular weight is 384 g/mol. The van der Waals surface area contributed by atoms with Gasteiger partial charge in [-0.1, -0.05) is 42.5 Å². The summed E-state index contributed by atoms with van der Waals surface area (Å²) in [7, 11) is 0. The van der Waals surface area contributed by atoms with Crippen LogP contribution >= 0.6 is 11.3 Å². The Bertz CT molecular complexity index is 965. The highest BCUT2D eigenvalue weighted by molar-refractivity contribution is 7.18. The number of hydrogen-bond donors (Lipinski definition) is 1. The molecular formula is C21H20O5S. The first kappa shape index (κ1) is 19.1. The van der Waals surface area contributed by atoms with E-state index in [9.17, 15) is 9.59 Å². The van der Waals surface area contributed by atoms with Gasteiger partial charge in [-0.15, -0.1) is 11.3 Å². The first-order valence-corrected chi connectivity index (χ1v) is 9.53. The van der Waals surface area contributed by atoms with E-state index in [1.807, 2.05) is 48.5 Å². The van der Waals surface area contributed by atoms with Crippen molar-refractivity contribution in [1.29, 1.82) is 0 Å². The lowest BCUT2D eigenvalue weighted by molar-refractivity contribution is 0.0487. The maximum absolute atomic E-state index is 13.0. The van der Waals surface area contributed by atoms with Crippen LogP contribution in [0.15, 0.2) is 59.4 Å². The summed E-state index contributed by atoms with van der Waals surface area (Å²) in [4.78, 5) is 25.5. The minimum absolute atomic E-state index is 0.0339. The van der Waals surface area contributed by atoms with Gasteiger partial charge < -0.3 is 14.6 Å². The van der Waals surface area contributed by atoms with Crippen molar-refractivity contribution in [3.05, 3.63) is 69.7 Å². The van der Waals surface area contributed by atoms with Crippen LogP contribution in [-0.4, -0.2) is 24.5 Å². The highest BCUT2D eigenvalue weighted by Crippen LogP contribution is 2.29. The van der Waals surface area contributed by atoms with Crippen LogP contribution in [0.4, 0.5) is 4.79 Å². The molecule has 3 aromatic rings. The molecule has 5 nitrogen and oxygen atoms in total. The largest absolute Gasteiger partial charge is 0.508 e. The summed E-state index contributed by atoms with van der Waals surface area (Å²) in [5.74, 6) is 0. The molecule has 27 heavy (non-hydrogen) atoms. The molecule has 0 aliphatic heterocycles. The van der Waals surface area contributed by atoms with E-state index in [-0.39, 0.29) is 25.2 Å². The summed E-state index contributed by atoms with van der Waals surface area (Å²) < 4.78 is 11.1. The minimum atomic E-state index is -0.778. The van der Waals surface area contributed by atoms with Crippen molar-refractivity contribution in [1.82, 2.24) is 0 Å². The van der Waals surface area contributed by atoms with Gasteiger partial charge in [0, 0.05) is 22.3 Å². The molecule has 1 N–H and O–H groups in total. The number of aliphatic hydroxyl groups is 1. The number of aliphatic hydroxyl groups excluding tert-OH is 1. The summed E-state index contributed by atoms with van der Waals surface area (Å²) in [5, 5.41) is 9.38. The van der Waals surface area contributed by atoms with E-state index in [2.05, 4.69) is 0 Å². The number of carbonyl (C=O) groups is 1. The molecule has 0 spiro atoms. The topological polar surface area (TPSA) is 72.8 Å².